The summed E-state index contributed by atoms with van der Waals surface area (Å²) in [4.78, 5) is 28.3. The van der Waals surface area contributed by atoms with Crippen molar-refractivity contribution in [3.8, 4) is 0 Å². The molecular weight excluding hydrogens is 345 g/mol. The second-order valence-electron chi connectivity index (χ2n) is 5.94. The highest BCUT2D eigenvalue weighted by Gasteiger charge is 2.10. The molecule has 0 spiro atoms. The molecule has 3 rings (SSSR count). The van der Waals surface area contributed by atoms with E-state index in [4.69, 9.17) is 0 Å². The number of anilines is 1. The zero-order valence-electron chi connectivity index (χ0n) is 14.5. The number of hydrogen-bond donors (Lipinski definition) is 2. The lowest BCUT2D eigenvalue weighted by molar-refractivity contribution is -0.115. The molecule has 0 radical (unpaired) electrons. The Hall–Kier alpha value is -3.54. The third-order valence-electron chi connectivity index (χ3n) is 3.91. The van der Waals surface area contributed by atoms with Crippen LogP contribution in [0, 0.1) is 5.82 Å². The van der Waals surface area contributed by atoms with Gasteiger partial charge in [0.15, 0.2) is 0 Å². The number of aromatic nitrogens is 1. The van der Waals surface area contributed by atoms with Crippen LogP contribution in [0.4, 0.5) is 10.1 Å². The van der Waals surface area contributed by atoms with Gasteiger partial charge in [-0.3, -0.25) is 14.6 Å². The number of hydrogen-bond acceptors (Lipinski definition) is 3. The molecule has 1 aromatic heterocycles. The van der Waals surface area contributed by atoms with Crippen LogP contribution >= 0.6 is 0 Å². The van der Waals surface area contributed by atoms with Gasteiger partial charge in [0.1, 0.15) is 5.82 Å². The van der Waals surface area contributed by atoms with Crippen molar-refractivity contribution in [1.82, 2.24) is 10.3 Å². The van der Waals surface area contributed by atoms with Gasteiger partial charge in [-0.05, 0) is 41.5 Å². The summed E-state index contributed by atoms with van der Waals surface area (Å²) >= 11 is 0. The summed E-state index contributed by atoms with van der Waals surface area (Å²) < 4.78 is 13.2. The third kappa shape index (κ3) is 5.22. The summed E-state index contributed by atoms with van der Waals surface area (Å²) in [5.74, 6) is -0.880. The number of nitrogens with one attached hydrogen (secondary N) is 2. The summed E-state index contributed by atoms with van der Waals surface area (Å²) in [6, 6.07) is 16.5. The number of rotatable bonds is 6. The zero-order chi connectivity index (χ0) is 19.1. The van der Waals surface area contributed by atoms with Crippen LogP contribution in [0.2, 0.25) is 0 Å². The first-order valence-corrected chi connectivity index (χ1v) is 8.42. The summed E-state index contributed by atoms with van der Waals surface area (Å²) in [7, 11) is 0. The van der Waals surface area contributed by atoms with Crippen LogP contribution in [0.3, 0.4) is 0 Å². The van der Waals surface area contributed by atoms with Gasteiger partial charge in [-0.1, -0.05) is 30.3 Å². The Morgan fingerprint density at radius 3 is 2.63 bits per heavy atom. The average molecular weight is 363 g/mol. The average Bonchev–Trinajstić information content (AvgIpc) is 2.67. The smallest absolute Gasteiger partial charge is 0.253 e. The molecule has 0 saturated carbocycles. The van der Waals surface area contributed by atoms with Crippen molar-refractivity contribution >= 4 is 17.5 Å². The highest BCUT2D eigenvalue weighted by Crippen LogP contribution is 2.16. The third-order valence-corrected chi connectivity index (χ3v) is 3.91. The Morgan fingerprint density at radius 1 is 1.00 bits per heavy atom. The van der Waals surface area contributed by atoms with Crippen molar-refractivity contribution in [3.05, 3.63) is 95.6 Å². The summed E-state index contributed by atoms with van der Waals surface area (Å²) in [6.45, 7) is 0.254. The number of carbonyl (C=O) groups excluding carboxylic acids is 2. The van der Waals surface area contributed by atoms with Gasteiger partial charge < -0.3 is 10.6 Å². The lowest BCUT2D eigenvalue weighted by atomic mass is 10.1. The van der Waals surface area contributed by atoms with Crippen molar-refractivity contribution in [1.29, 1.82) is 0 Å². The van der Waals surface area contributed by atoms with Gasteiger partial charge in [0.05, 0.1) is 12.0 Å². The Bertz CT molecular complexity index is 945. The molecule has 2 amide bonds. The van der Waals surface area contributed by atoms with E-state index in [-0.39, 0.29) is 30.6 Å². The molecule has 2 aromatic carbocycles. The Labute approximate surface area is 156 Å². The quantitative estimate of drug-likeness (QED) is 0.706. The fraction of sp³-hybridized carbons (Fsp3) is 0.0952. The molecule has 1 heterocycles. The number of carbonyl (C=O) groups is 2. The van der Waals surface area contributed by atoms with Crippen molar-refractivity contribution in [2.24, 2.45) is 0 Å². The van der Waals surface area contributed by atoms with E-state index in [1.54, 1.807) is 42.6 Å². The predicted molar refractivity (Wildman–Crippen MR) is 101 cm³/mol. The van der Waals surface area contributed by atoms with E-state index in [2.05, 4.69) is 15.6 Å². The molecule has 27 heavy (non-hydrogen) atoms. The van der Waals surface area contributed by atoms with Gasteiger partial charge in [-0.15, -0.1) is 0 Å². The van der Waals surface area contributed by atoms with E-state index in [1.165, 1.54) is 18.3 Å². The molecule has 0 unspecified atom stereocenters. The number of pyridine rings is 1. The molecule has 3 aromatic rings. The van der Waals surface area contributed by atoms with Crippen molar-refractivity contribution in [2.45, 2.75) is 13.0 Å². The molecule has 6 heteroatoms. The lowest BCUT2D eigenvalue weighted by Crippen LogP contribution is -2.24. The molecule has 0 aliphatic heterocycles. The van der Waals surface area contributed by atoms with Gasteiger partial charge >= 0.3 is 0 Å². The predicted octanol–water partition coefficient (Wildman–Crippen LogP) is 3.33. The summed E-state index contributed by atoms with van der Waals surface area (Å²) in [6.07, 6.45) is 3.15. The molecule has 2 N–H and O–H groups in total. The Kier molecular flexibility index (Phi) is 5.89. The zero-order valence-corrected chi connectivity index (χ0v) is 14.5. The highest BCUT2D eigenvalue weighted by molar-refractivity contribution is 5.94. The van der Waals surface area contributed by atoms with Crippen LogP contribution in [-0.2, 0) is 17.8 Å². The minimum atomic E-state index is -0.376. The number of halogens is 1. The maximum atomic E-state index is 13.2. The summed E-state index contributed by atoms with van der Waals surface area (Å²) in [5, 5.41) is 5.62. The minimum Gasteiger partial charge on any atom is -0.348 e. The largest absolute Gasteiger partial charge is 0.348 e. The highest BCUT2D eigenvalue weighted by atomic mass is 19.1. The maximum absolute atomic E-state index is 13.2. The molecule has 5 nitrogen and oxygen atoms in total. The monoisotopic (exact) mass is 363 g/mol. The van der Waals surface area contributed by atoms with E-state index in [0.717, 1.165) is 5.56 Å². The van der Waals surface area contributed by atoms with E-state index >= 15 is 0 Å². The normalized spacial score (nSPS) is 10.3. The molecule has 0 fully saturated rings. The summed E-state index contributed by atoms with van der Waals surface area (Å²) in [5.41, 5.74) is 2.42. The van der Waals surface area contributed by atoms with Gasteiger partial charge in [-0.2, -0.15) is 0 Å². The second kappa shape index (κ2) is 8.71. The number of para-hydroxylation sites is 1. The lowest BCUT2D eigenvalue weighted by Gasteiger charge is -2.12. The Morgan fingerprint density at radius 2 is 1.85 bits per heavy atom. The molecular formula is C21H18FN3O2. The molecule has 136 valence electrons. The number of nitrogens with zero attached hydrogens (tertiary/aromatic N) is 1. The minimum absolute atomic E-state index is 0.0636. The van der Waals surface area contributed by atoms with Gasteiger partial charge in [0.25, 0.3) is 5.91 Å². The van der Waals surface area contributed by atoms with Crippen LogP contribution in [0.1, 0.15) is 21.5 Å². The van der Waals surface area contributed by atoms with Gasteiger partial charge in [-0.25, -0.2) is 4.39 Å². The van der Waals surface area contributed by atoms with Crippen LogP contribution in [0.25, 0.3) is 0 Å². The first-order valence-electron chi connectivity index (χ1n) is 8.42. The number of amides is 2. The van der Waals surface area contributed by atoms with Gasteiger partial charge in [0, 0.05) is 24.6 Å². The van der Waals surface area contributed by atoms with E-state index in [0.29, 0.717) is 16.8 Å². The maximum Gasteiger partial charge on any atom is 0.253 e. The van der Waals surface area contributed by atoms with Gasteiger partial charge in [0.2, 0.25) is 5.91 Å². The van der Waals surface area contributed by atoms with Crippen molar-refractivity contribution < 1.29 is 14.0 Å². The first-order chi connectivity index (χ1) is 13.1. The SMILES string of the molecule is O=C(Cc1cccc(F)c1)Nc1ccccc1CNC(=O)c1cccnc1. The molecule has 0 atom stereocenters. The fourth-order valence-corrected chi connectivity index (χ4v) is 2.60. The van der Waals surface area contributed by atoms with E-state index < -0.39 is 0 Å². The van der Waals surface area contributed by atoms with Crippen LogP contribution in [0.5, 0.6) is 0 Å². The fourth-order valence-electron chi connectivity index (χ4n) is 2.60. The Balaban J connectivity index is 1.63. The first kappa shape index (κ1) is 18.3. The molecule has 0 aliphatic rings. The van der Waals surface area contributed by atoms with Crippen LogP contribution < -0.4 is 10.6 Å². The molecule has 0 bridgehead atoms. The van der Waals surface area contributed by atoms with Crippen molar-refractivity contribution in [2.75, 3.05) is 5.32 Å². The second-order valence-corrected chi connectivity index (χ2v) is 5.94. The van der Waals surface area contributed by atoms with E-state index in [9.17, 15) is 14.0 Å². The van der Waals surface area contributed by atoms with Crippen molar-refractivity contribution in [3.63, 3.8) is 0 Å². The molecule has 0 aliphatic carbocycles. The van der Waals surface area contributed by atoms with E-state index in [1.807, 2.05) is 12.1 Å². The number of benzene rings is 2. The molecule has 0 saturated heterocycles. The van der Waals surface area contributed by atoms with Crippen LogP contribution in [0.15, 0.2) is 73.1 Å². The topological polar surface area (TPSA) is 71.1 Å². The van der Waals surface area contributed by atoms with Crippen LogP contribution in [-0.4, -0.2) is 16.8 Å². The standard InChI is InChI=1S/C21H18FN3O2/c22-18-8-3-5-15(11-18)12-20(26)25-19-9-2-1-6-16(19)14-24-21(27)17-7-4-10-23-13-17/h1-11,13H,12,14H2,(H,24,27)(H,25,26).